The van der Waals surface area contributed by atoms with Crippen LogP contribution in [0, 0.1) is 5.92 Å². The fraction of sp³-hybridized carbons (Fsp3) is 0.571. The summed E-state index contributed by atoms with van der Waals surface area (Å²) in [7, 11) is 0. The van der Waals surface area contributed by atoms with Crippen LogP contribution in [0.15, 0.2) is 24.3 Å². The molecule has 0 unspecified atom stereocenters. The first-order valence-corrected chi connectivity index (χ1v) is 10.5. The third-order valence-electron chi connectivity index (χ3n) is 5.47. The van der Waals surface area contributed by atoms with E-state index in [2.05, 4.69) is 16.0 Å². The highest BCUT2D eigenvalue weighted by Crippen LogP contribution is 2.22. The van der Waals surface area contributed by atoms with E-state index < -0.39 is 12.0 Å². The Balaban J connectivity index is 2.05. The first-order valence-electron chi connectivity index (χ1n) is 10.1. The van der Waals surface area contributed by atoms with E-state index >= 15 is 0 Å². The lowest BCUT2D eigenvalue weighted by molar-refractivity contribution is -0.143. The van der Waals surface area contributed by atoms with Crippen LogP contribution in [0.5, 0.6) is 0 Å². The quantitative estimate of drug-likeness (QED) is 0.462. The highest BCUT2D eigenvalue weighted by Gasteiger charge is 2.28. The minimum absolute atomic E-state index is 0.0697. The highest BCUT2D eigenvalue weighted by molar-refractivity contribution is 6.30. The van der Waals surface area contributed by atoms with Crippen molar-refractivity contribution < 1.29 is 19.5 Å². The molecule has 1 saturated heterocycles. The summed E-state index contributed by atoms with van der Waals surface area (Å²) in [6.07, 6.45) is 2.48. The summed E-state index contributed by atoms with van der Waals surface area (Å²) in [4.78, 5) is 36.4. The molecule has 4 N–H and O–H groups in total. The molecule has 29 heavy (non-hydrogen) atoms. The lowest BCUT2D eigenvalue weighted by atomic mass is 9.94. The van der Waals surface area contributed by atoms with Crippen LogP contribution in [0.4, 0.5) is 0 Å². The van der Waals surface area contributed by atoms with Crippen molar-refractivity contribution in [2.75, 3.05) is 13.1 Å². The van der Waals surface area contributed by atoms with Crippen molar-refractivity contribution in [1.29, 1.82) is 0 Å². The van der Waals surface area contributed by atoms with Crippen LogP contribution < -0.4 is 16.0 Å². The Labute approximate surface area is 176 Å². The molecule has 2 amide bonds. The summed E-state index contributed by atoms with van der Waals surface area (Å²) >= 11 is 5.97. The number of benzene rings is 1. The Morgan fingerprint density at radius 3 is 2.52 bits per heavy atom. The monoisotopic (exact) mass is 423 g/mol. The molecular formula is C21H30ClN3O4. The van der Waals surface area contributed by atoms with E-state index in [-0.39, 0.29) is 42.7 Å². The Hall–Kier alpha value is -2.12. The van der Waals surface area contributed by atoms with Gasteiger partial charge >= 0.3 is 5.97 Å². The third-order valence-corrected chi connectivity index (χ3v) is 5.72. The van der Waals surface area contributed by atoms with Gasteiger partial charge in [-0.25, -0.2) is 4.79 Å². The number of amides is 2. The van der Waals surface area contributed by atoms with E-state index in [1.54, 1.807) is 19.1 Å². The van der Waals surface area contributed by atoms with Crippen molar-refractivity contribution in [3.05, 3.63) is 34.9 Å². The van der Waals surface area contributed by atoms with Crippen LogP contribution in [0.2, 0.25) is 5.02 Å². The van der Waals surface area contributed by atoms with Gasteiger partial charge in [-0.1, -0.05) is 44.0 Å². The molecule has 1 aromatic rings. The second-order valence-corrected chi connectivity index (χ2v) is 8.05. The zero-order chi connectivity index (χ0) is 21.4. The number of rotatable bonds is 10. The van der Waals surface area contributed by atoms with Crippen molar-refractivity contribution in [1.82, 2.24) is 16.0 Å². The van der Waals surface area contributed by atoms with Crippen LogP contribution in [0.25, 0.3) is 0 Å². The van der Waals surface area contributed by atoms with Gasteiger partial charge in [0.15, 0.2) is 0 Å². The van der Waals surface area contributed by atoms with Gasteiger partial charge in [0.2, 0.25) is 11.8 Å². The van der Waals surface area contributed by atoms with Gasteiger partial charge in [-0.15, -0.1) is 0 Å². The van der Waals surface area contributed by atoms with Gasteiger partial charge in [0.1, 0.15) is 6.04 Å². The number of carbonyl (C=O) groups is 3. The Bertz CT molecular complexity index is 704. The topological polar surface area (TPSA) is 108 Å². The summed E-state index contributed by atoms with van der Waals surface area (Å²) in [6, 6.07) is 5.99. The van der Waals surface area contributed by atoms with Crippen LogP contribution >= 0.6 is 11.6 Å². The minimum atomic E-state index is -1.05. The smallest absolute Gasteiger partial charge is 0.326 e. The highest BCUT2D eigenvalue weighted by atomic mass is 35.5. The Kier molecular flexibility index (Phi) is 8.92. The number of carbonyl (C=O) groups excluding carboxylic acids is 2. The van der Waals surface area contributed by atoms with E-state index in [0.29, 0.717) is 11.4 Å². The Morgan fingerprint density at radius 1 is 1.28 bits per heavy atom. The molecule has 0 aromatic heterocycles. The molecule has 0 spiro atoms. The molecule has 1 heterocycles. The molecule has 1 aromatic carbocycles. The molecule has 0 saturated carbocycles. The fourth-order valence-corrected chi connectivity index (χ4v) is 3.56. The second-order valence-electron chi connectivity index (χ2n) is 7.62. The average Bonchev–Trinajstić information content (AvgIpc) is 3.24. The predicted octanol–water partition coefficient (Wildman–Crippen LogP) is 2.30. The van der Waals surface area contributed by atoms with Crippen molar-refractivity contribution >= 4 is 29.4 Å². The lowest BCUT2D eigenvalue weighted by Crippen LogP contribution is -2.46. The number of halogens is 1. The van der Waals surface area contributed by atoms with Gasteiger partial charge in [0.25, 0.3) is 0 Å². The SMILES string of the molecule is CC[C@H](C)[C@H](NC(=O)C[C@@H](CNC(=O)[C@@H]1CCCN1)c1ccc(Cl)cc1)C(=O)O. The first kappa shape index (κ1) is 23.2. The molecule has 7 nitrogen and oxygen atoms in total. The summed E-state index contributed by atoms with van der Waals surface area (Å²) in [5.74, 6) is -1.95. The number of aliphatic carboxylic acids is 1. The molecule has 0 aliphatic carbocycles. The number of nitrogens with one attached hydrogen (secondary N) is 3. The molecule has 4 atom stereocenters. The fourth-order valence-electron chi connectivity index (χ4n) is 3.44. The van der Waals surface area contributed by atoms with Gasteiger partial charge < -0.3 is 21.1 Å². The molecule has 1 fully saturated rings. The predicted molar refractivity (Wildman–Crippen MR) is 112 cm³/mol. The van der Waals surface area contributed by atoms with Crippen molar-refractivity contribution in [3.8, 4) is 0 Å². The molecule has 0 radical (unpaired) electrons. The lowest BCUT2D eigenvalue weighted by Gasteiger charge is -2.23. The third kappa shape index (κ3) is 7.01. The van der Waals surface area contributed by atoms with Gasteiger partial charge in [0, 0.05) is 23.9 Å². The molecule has 0 bridgehead atoms. The summed E-state index contributed by atoms with van der Waals surface area (Å²) in [5, 5.41) is 18.7. The van der Waals surface area contributed by atoms with E-state index in [0.717, 1.165) is 24.9 Å². The van der Waals surface area contributed by atoms with Gasteiger partial charge in [0.05, 0.1) is 6.04 Å². The summed E-state index contributed by atoms with van der Waals surface area (Å²) < 4.78 is 0. The standard InChI is InChI=1S/C21H30ClN3O4/c1-3-13(2)19(21(28)29)25-18(26)11-15(14-6-8-16(22)9-7-14)12-24-20(27)17-5-4-10-23-17/h6-9,13,15,17,19,23H,3-5,10-12H2,1-2H3,(H,24,27)(H,25,26)(H,28,29)/t13-,15-,17-,19-/m0/s1. The molecule has 8 heteroatoms. The number of carboxylic acids is 1. The zero-order valence-corrected chi connectivity index (χ0v) is 17.7. The van der Waals surface area contributed by atoms with Crippen molar-refractivity contribution in [2.45, 2.75) is 57.5 Å². The molecule has 160 valence electrons. The summed E-state index contributed by atoms with van der Waals surface area (Å²) in [6.45, 7) is 4.79. The van der Waals surface area contributed by atoms with Gasteiger partial charge in [-0.05, 0) is 43.0 Å². The molecule has 2 rings (SSSR count). The second kappa shape index (κ2) is 11.2. The maximum absolute atomic E-state index is 12.6. The van der Waals surface area contributed by atoms with Gasteiger partial charge in [-0.3, -0.25) is 9.59 Å². The summed E-state index contributed by atoms with van der Waals surface area (Å²) in [5.41, 5.74) is 0.861. The normalized spacial score (nSPS) is 19.2. The average molecular weight is 424 g/mol. The number of carboxylic acid groups (broad SMARTS) is 1. The van der Waals surface area contributed by atoms with E-state index in [1.165, 1.54) is 0 Å². The largest absolute Gasteiger partial charge is 0.480 e. The molecular weight excluding hydrogens is 394 g/mol. The zero-order valence-electron chi connectivity index (χ0n) is 16.9. The van der Waals surface area contributed by atoms with E-state index in [1.807, 2.05) is 19.1 Å². The molecule has 1 aliphatic heterocycles. The molecule has 1 aliphatic rings. The number of hydrogen-bond acceptors (Lipinski definition) is 4. The van der Waals surface area contributed by atoms with Crippen molar-refractivity contribution in [2.24, 2.45) is 5.92 Å². The van der Waals surface area contributed by atoms with Crippen LogP contribution in [0.3, 0.4) is 0 Å². The maximum Gasteiger partial charge on any atom is 0.326 e. The van der Waals surface area contributed by atoms with E-state index in [9.17, 15) is 19.5 Å². The number of hydrogen-bond donors (Lipinski definition) is 4. The van der Waals surface area contributed by atoms with Crippen LogP contribution in [0.1, 0.15) is 51.0 Å². The minimum Gasteiger partial charge on any atom is -0.480 e. The van der Waals surface area contributed by atoms with Gasteiger partial charge in [-0.2, -0.15) is 0 Å². The van der Waals surface area contributed by atoms with Crippen molar-refractivity contribution in [3.63, 3.8) is 0 Å². The van der Waals surface area contributed by atoms with Crippen LogP contribution in [-0.2, 0) is 14.4 Å². The maximum atomic E-state index is 12.6. The Morgan fingerprint density at radius 2 is 1.97 bits per heavy atom. The van der Waals surface area contributed by atoms with Crippen LogP contribution in [-0.4, -0.2) is 48.1 Å². The van der Waals surface area contributed by atoms with E-state index in [4.69, 9.17) is 11.6 Å². The first-order chi connectivity index (χ1) is 13.8.